The molecule has 0 unspecified atom stereocenters. The van der Waals surface area contributed by atoms with Gasteiger partial charge in [-0.3, -0.25) is 14.5 Å². The Balaban J connectivity index is 0.00000722. The van der Waals surface area contributed by atoms with Crippen molar-refractivity contribution in [3.05, 3.63) is 107 Å². The van der Waals surface area contributed by atoms with Crippen LogP contribution in [0.25, 0.3) is 16.5 Å². The van der Waals surface area contributed by atoms with Crippen molar-refractivity contribution in [1.29, 1.82) is 0 Å². The van der Waals surface area contributed by atoms with E-state index in [4.69, 9.17) is 15.0 Å². The van der Waals surface area contributed by atoms with E-state index in [0.29, 0.717) is 36.4 Å². The van der Waals surface area contributed by atoms with Crippen LogP contribution in [-0.2, 0) is 20.8 Å². The van der Waals surface area contributed by atoms with Gasteiger partial charge in [0.15, 0.2) is 6.29 Å². The number of carbonyl (C=O) groups is 2. The molecule has 0 saturated carbocycles. The van der Waals surface area contributed by atoms with Crippen LogP contribution in [0.15, 0.2) is 84.7 Å². The molecule has 0 aliphatic rings. The summed E-state index contributed by atoms with van der Waals surface area (Å²) in [5, 5.41) is 8.91. The molecule has 10 nitrogen and oxygen atoms in total. The first-order chi connectivity index (χ1) is 17.9. The third-order valence-corrected chi connectivity index (χ3v) is 5.21. The lowest BCUT2D eigenvalue weighted by Gasteiger charge is -2.19. The van der Waals surface area contributed by atoms with Gasteiger partial charge in [-0.2, -0.15) is 0 Å². The van der Waals surface area contributed by atoms with Crippen molar-refractivity contribution in [1.82, 2.24) is 15.5 Å². The van der Waals surface area contributed by atoms with E-state index < -0.39 is 18.1 Å². The van der Waals surface area contributed by atoms with Gasteiger partial charge in [0.2, 0.25) is 0 Å². The van der Waals surface area contributed by atoms with Gasteiger partial charge < -0.3 is 20.1 Å². The summed E-state index contributed by atoms with van der Waals surface area (Å²) < 4.78 is 10.2. The number of carbonyl (C=O) groups excluding carboxylic acids is 2. The fraction of sp³-hybridized carbons (Fsp3) is 0.310. The van der Waals surface area contributed by atoms with Gasteiger partial charge in [-0.25, -0.2) is 0 Å². The molecule has 0 bridgehead atoms. The molecule has 2 N–H and O–H groups in total. The fourth-order valence-corrected chi connectivity index (χ4v) is 3.33. The smallest absolute Gasteiger partial charge is 0.267 e. The van der Waals surface area contributed by atoms with Gasteiger partial charge in [0.25, 0.3) is 11.8 Å². The number of amides is 2. The Labute approximate surface area is 231 Å². The van der Waals surface area contributed by atoms with Crippen molar-refractivity contribution in [3.63, 3.8) is 0 Å². The Morgan fingerprint density at radius 1 is 1.03 bits per heavy atom. The van der Waals surface area contributed by atoms with Crippen molar-refractivity contribution in [3.8, 4) is 0 Å². The van der Waals surface area contributed by atoms with E-state index >= 15 is 0 Å². The maximum atomic E-state index is 13.0. The number of hydrogen-bond donors (Lipinski definition) is 2. The van der Waals surface area contributed by atoms with Crippen LogP contribution in [0.3, 0.4) is 0 Å². The summed E-state index contributed by atoms with van der Waals surface area (Å²) in [5.41, 5.74) is 11.1. The molecule has 10 heteroatoms. The zero-order chi connectivity index (χ0) is 27.0. The van der Waals surface area contributed by atoms with E-state index in [1.807, 2.05) is 24.3 Å². The molecule has 0 fully saturated rings. The topological polar surface area (TPSA) is 129 Å². The molecule has 0 spiro atoms. The lowest BCUT2D eigenvalue weighted by atomic mass is 10.1. The molecule has 0 saturated heterocycles. The normalized spacial score (nSPS) is 10.5. The SMILES string of the molecule is C.C.C=CCN(CC=C)Cc1ccc(C(=O)N/C(=C/c2ccc(N=[N+]=[N-])cc2)C(=O)NCC(OC)OC)cc1. The minimum absolute atomic E-state index is 0. The maximum absolute atomic E-state index is 13.0. The van der Waals surface area contributed by atoms with Crippen LogP contribution in [0.4, 0.5) is 5.69 Å². The summed E-state index contributed by atoms with van der Waals surface area (Å²) in [7, 11) is 2.92. The van der Waals surface area contributed by atoms with Crippen LogP contribution in [-0.4, -0.2) is 56.9 Å². The Kier molecular flexibility index (Phi) is 16.9. The second-order valence-electron chi connectivity index (χ2n) is 7.87. The third-order valence-electron chi connectivity index (χ3n) is 5.21. The van der Waals surface area contributed by atoms with E-state index in [-0.39, 0.29) is 27.1 Å². The zero-order valence-electron chi connectivity index (χ0n) is 21.1. The average molecular weight is 537 g/mol. The van der Waals surface area contributed by atoms with Gasteiger partial charge in [0.05, 0.1) is 6.54 Å². The van der Waals surface area contributed by atoms with Crippen molar-refractivity contribution in [2.75, 3.05) is 33.9 Å². The van der Waals surface area contributed by atoms with Crippen molar-refractivity contribution in [2.24, 2.45) is 5.11 Å². The number of nitrogens with one attached hydrogen (secondary N) is 2. The van der Waals surface area contributed by atoms with E-state index in [9.17, 15) is 9.59 Å². The third kappa shape index (κ3) is 11.8. The molecular weight excluding hydrogens is 496 g/mol. The van der Waals surface area contributed by atoms with Crippen LogP contribution < -0.4 is 10.6 Å². The molecular formula is C29H40N6O4. The quantitative estimate of drug-likeness (QED) is 0.0767. The standard InChI is InChI=1S/C27H32N6O4.2CH4/c1-5-15-33(16-6-2)19-21-7-11-22(12-8-21)26(34)30-24(27(35)29-18-25(36-3)37-4)17-20-9-13-23(14-10-20)31-32-28;;/h5-14,17,25H,1-2,15-16,18-19H2,3-4H3,(H,29,35)(H,30,34);2*1H4/b24-17+;;. The first-order valence-corrected chi connectivity index (χ1v) is 11.5. The maximum Gasteiger partial charge on any atom is 0.267 e. The molecule has 0 aliphatic heterocycles. The highest BCUT2D eigenvalue weighted by Gasteiger charge is 2.16. The molecule has 0 heterocycles. The van der Waals surface area contributed by atoms with Gasteiger partial charge in [-0.05, 0) is 34.9 Å². The van der Waals surface area contributed by atoms with Gasteiger partial charge in [0, 0.05) is 50.0 Å². The lowest BCUT2D eigenvalue weighted by Crippen LogP contribution is -2.39. The Hall–Kier alpha value is -4.21. The molecule has 210 valence electrons. The Bertz CT molecular complexity index is 1130. The first kappa shape index (κ1) is 34.8. The second-order valence-corrected chi connectivity index (χ2v) is 7.87. The highest BCUT2D eigenvalue weighted by Crippen LogP contribution is 2.15. The molecule has 0 radical (unpaired) electrons. The summed E-state index contributed by atoms with van der Waals surface area (Å²) in [6.07, 6.45) is 4.54. The molecule has 2 aromatic rings. The van der Waals surface area contributed by atoms with Crippen molar-refractivity contribution in [2.45, 2.75) is 27.7 Å². The van der Waals surface area contributed by atoms with Gasteiger partial charge in [-0.15, -0.1) is 13.2 Å². The molecule has 39 heavy (non-hydrogen) atoms. The number of rotatable bonds is 15. The molecule has 0 aromatic heterocycles. The number of nitrogens with zero attached hydrogens (tertiary/aromatic N) is 4. The lowest BCUT2D eigenvalue weighted by molar-refractivity contribution is -0.124. The Morgan fingerprint density at radius 3 is 2.13 bits per heavy atom. The summed E-state index contributed by atoms with van der Waals surface area (Å²) in [5.74, 6) is -0.963. The first-order valence-electron chi connectivity index (χ1n) is 11.5. The fourth-order valence-electron chi connectivity index (χ4n) is 3.33. The van der Waals surface area contributed by atoms with E-state index in [1.165, 1.54) is 20.3 Å². The summed E-state index contributed by atoms with van der Waals surface area (Å²) in [6, 6.07) is 13.7. The van der Waals surface area contributed by atoms with Crippen molar-refractivity contribution < 1.29 is 19.1 Å². The number of benzene rings is 2. The molecule has 2 rings (SSSR count). The van der Waals surface area contributed by atoms with E-state index in [1.54, 1.807) is 36.4 Å². The van der Waals surface area contributed by atoms with Crippen LogP contribution in [0.5, 0.6) is 0 Å². The monoisotopic (exact) mass is 536 g/mol. The number of hydrogen-bond acceptors (Lipinski definition) is 6. The predicted molar refractivity (Wildman–Crippen MR) is 157 cm³/mol. The van der Waals surface area contributed by atoms with Gasteiger partial charge in [0.1, 0.15) is 5.70 Å². The van der Waals surface area contributed by atoms with Gasteiger partial charge >= 0.3 is 0 Å². The second kappa shape index (κ2) is 18.9. The van der Waals surface area contributed by atoms with Crippen LogP contribution in [0.2, 0.25) is 0 Å². The summed E-state index contributed by atoms with van der Waals surface area (Å²) >= 11 is 0. The number of ether oxygens (including phenoxy) is 2. The number of azide groups is 1. The molecule has 0 aliphatic carbocycles. The molecule has 2 amide bonds. The largest absolute Gasteiger partial charge is 0.354 e. The minimum atomic E-state index is -0.640. The van der Waals surface area contributed by atoms with Crippen LogP contribution >= 0.6 is 0 Å². The predicted octanol–water partition coefficient (Wildman–Crippen LogP) is 5.58. The molecule has 2 aromatic carbocycles. The van der Waals surface area contributed by atoms with Crippen LogP contribution in [0, 0.1) is 0 Å². The Morgan fingerprint density at radius 2 is 1.62 bits per heavy atom. The average Bonchev–Trinajstić information content (AvgIpc) is 2.90. The van der Waals surface area contributed by atoms with E-state index in [2.05, 4.69) is 38.7 Å². The number of methoxy groups -OCH3 is 2. The zero-order valence-corrected chi connectivity index (χ0v) is 21.1. The van der Waals surface area contributed by atoms with E-state index in [0.717, 1.165) is 5.56 Å². The van der Waals surface area contributed by atoms with Gasteiger partial charge in [-0.1, -0.05) is 68.5 Å². The summed E-state index contributed by atoms with van der Waals surface area (Å²) in [4.78, 5) is 30.8. The highest BCUT2D eigenvalue weighted by atomic mass is 16.7. The minimum Gasteiger partial charge on any atom is -0.354 e. The highest BCUT2D eigenvalue weighted by molar-refractivity contribution is 6.05. The van der Waals surface area contributed by atoms with Crippen LogP contribution in [0.1, 0.15) is 36.3 Å². The summed E-state index contributed by atoms with van der Waals surface area (Å²) in [6.45, 7) is 9.75. The van der Waals surface area contributed by atoms with Crippen molar-refractivity contribution >= 4 is 23.6 Å². The molecule has 0 atom stereocenters.